The van der Waals surface area contributed by atoms with Crippen molar-refractivity contribution < 1.29 is 27.9 Å². The minimum absolute atomic E-state index is 0.118. The Morgan fingerprint density at radius 2 is 2.00 bits per heavy atom. The van der Waals surface area contributed by atoms with Crippen molar-refractivity contribution in [2.45, 2.75) is 12.5 Å². The van der Waals surface area contributed by atoms with Crippen LogP contribution in [0.2, 0.25) is 0 Å². The summed E-state index contributed by atoms with van der Waals surface area (Å²) < 4.78 is 25.7. The summed E-state index contributed by atoms with van der Waals surface area (Å²) in [6, 6.07) is -0.604. The second-order valence-corrected chi connectivity index (χ2v) is 5.15. The lowest BCUT2D eigenvalue weighted by Gasteiger charge is -2.12. The van der Waals surface area contributed by atoms with Crippen LogP contribution >= 0.6 is 0 Å². The van der Waals surface area contributed by atoms with Crippen LogP contribution < -0.4 is 15.8 Å². The Balaban J connectivity index is 3.75. The summed E-state index contributed by atoms with van der Waals surface area (Å²) in [7, 11) is -2.32. The van der Waals surface area contributed by atoms with E-state index in [9.17, 15) is 18.0 Å². The van der Waals surface area contributed by atoms with Gasteiger partial charge in [0.25, 0.3) is 0 Å². The molecule has 1 atom stereocenters. The van der Waals surface area contributed by atoms with Gasteiger partial charge in [-0.1, -0.05) is 0 Å². The molecule has 0 saturated heterocycles. The average molecular weight is 283 g/mol. The number of aliphatic carboxylic acids is 1. The maximum Gasteiger partial charge on any atom is 0.334 e. The van der Waals surface area contributed by atoms with Gasteiger partial charge in [0, 0.05) is 13.7 Å². The van der Waals surface area contributed by atoms with Gasteiger partial charge < -0.3 is 20.5 Å². The van der Waals surface area contributed by atoms with Crippen LogP contribution in [-0.2, 0) is 19.6 Å². The Morgan fingerprint density at radius 3 is 2.44 bits per heavy atom. The number of methoxy groups -OCH3 is 1. The number of rotatable bonds is 8. The highest BCUT2D eigenvalue weighted by Gasteiger charge is 2.16. The van der Waals surface area contributed by atoms with Gasteiger partial charge in [-0.3, -0.25) is 0 Å². The predicted molar refractivity (Wildman–Crippen MR) is 62.4 cm³/mol. The zero-order valence-electron chi connectivity index (χ0n) is 9.88. The molecule has 10 heteroatoms. The maximum atomic E-state index is 11.2. The van der Waals surface area contributed by atoms with E-state index in [0.29, 0.717) is 0 Å². The third kappa shape index (κ3) is 8.73. The zero-order chi connectivity index (χ0) is 14.2. The molecule has 0 aromatic rings. The molecular formula is C8H17N3O6S. The number of amides is 2. The van der Waals surface area contributed by atoms with Gasteiger partial charge in [-0.05, 0) is 6.42 Å². The molecule has 0 saturated carbocycles. The minimum Gasteiger partial charge on any atom is -0.479 e. The summed E-state index contributed by atoms with van der Waals surface area (Å²) in [6.07, 6.45) is -0.945. The molecule has 0 aliphatic heterocycles. The normalized spacial score (nSPS) is 12.8. The van der Waals surface area contributed by atoms with Crippen molar-refractivity contribution in [2.75, 3.05) is 26.0 Å². The zero-order valence-corrected chi connectivity index (χ0v) is 10.7. The van der Waals surface area contributed by atoms with Crippen molar-refractivity contribution in [3.63, 3.8) is 0 Å². The SMILES string of the molecule is COC(CNC(=O)NCCCS(N)(=O)=O)C(=O)O. The predicted octanol–water partition coefficient (Wildman–Crippen LogP) is -1.94. The van der Waals surface area contributed by atoms with E-state index in [1.165, 1.54) is 7.11 Å². The summed E-state index contributed by atoms with van der Waals surface area (Å²) in [5.41, 5.74) is 0. The first-order chi connectivity index (χ1) is 8.26. The molecule has 106 valence electrons. The van der Waals surface area contributed by atoms with Gasteiger partial charge in [-0.25, -0.2) is 23.1 Å². The highest BCUT2D eigenvalue weighted by molar-refractivity contribution is 7.89. The molecule has 0 bridgehead atoms. The van der Waals surface area contributed by atoms with Crippen LogP contribution in [0.15, 0.2) is 0 Å². The van der Waals surface area contributed by atoms with Gasteiger partial charge in [0.1, 0.15) is 0 Å². The number of hydrogen-bond acceptors (Lipinski definition) is 5. The van der Waals surface area contributed by atoms with Crippen molar-refractivity contribution in [1.82, 2.24) is 10.6 Å². The van der Waals surface area contributed by atoms with Crippen LogP contribution in [-0.4, -0.2) is 57.6 Å². The van der Waals surface area contributed by atoms with Gasteiger partial charge in [0.05, 0.1) is 12.3 Å². The average Bonchev–Trinajstić information content (AvgIpc) is 2.23. The quantitative estimate of drug-likeness (QED) is 0.381. The van der Waals surface area contributed by atoms with Gasteiger partial charge in [-0.15, -0.1) is 0 Å². The van der Waals surface area contributed by atoms with Crippen LogP contribution in [0.3, 0.4) is 0 Å². The molecule has 0 aromatic heterocycles. The smallest absolute Gasteiger partial charge is 0.334 e. The summed E-state index contributed by atoms with van der Waals surface area (Å²) in [5, 5.41) is 18.0. The second-order valence-electron chi connectivity index (χ2n) is 3.42. The Hall–Kier alpha value is -1.39. The number of hydrogen-bond donors (Lipinski definition) is 4. The first kappa shape index (κ1) is 16.6. The van der Waals surface area contributed by atoms with Crippen molar-refractivity contribution in [3.8, 4) is 0 Å². The largest absolute Gasteiger partial charge is 0.479 e. The number of carboxylic acid groups (broad SMARTS) is 1. The molecule has 0 radical (unpaired) electrons. The number of ether oxygens (including phenoxy) is 1. The fourth-order valence-corrected chi connectivity index (χ4v) is 1.54. The number of carboxylic acids is 1. The van der Waals surface area contributed by atoms with Crippen LogP contribution in [0.4, 0.5) is 4.79 Å². The number of carbonyl (C=O) groups is 2. The fraction of sp³-hybridized carbons (Fsp3) is 0.750. The van der Waals surface area contributed by atoms with Crippen LogP contribution in [0.5, 0.6) is 0 Å². The fourth-order valence-electron chi connectivity index (χ4n) is 0.995. The highest BCUT2D eigenvalue weighted by atomic mass is 32.2. The molecule has 5 N–H and O–H groups in total. The third-order valence-electron chi connectivity index (χ3n) is 1.90. The second kappa shape index (κ2) is 7.84. The van der Waals surface area contributed by atoms with Crippen LogP contribution in [0.1, 0.15) is 6.42 Å². The number of carbonyl (C=O) groups excluding carboxylic acids is 1. The van der Waals surface area contributed by atoms with Crippen molar-refractivity contribution in [1.29, 1.82) is 0 Å². The first-order valence-electron chi connectivity index (χ1n) is 5.04. The van der Waals surface area contributed by atoms with E-state index in [0.717, 1.165) is 0 Å². The first-order valence-corrected chi connectivity index (χ1v) is 6.75. The van der Waals surface area contributed by atoms with Crippen molar-refractivity contribution in [2.24, 2.45) is 5.14 Å². The van der Waals surface area contributed by atoms with E-state index in [1.54, 1.807) is 0 Å². The molecule has 18 heavy (non-hydrogen) atoms. The minimum atomic E-state index is -3.53. The summed E-state index contributed by atoms with van der Waals surface area (Å²) >= 11 is 0. The van der Waals surface area contributed by atoms with Gasteiger partial charge in [0.15, 0.2) is 6.10 Å². The van der Waals surface area contributed by atoms with Crippen LogP contribution in [0, 0.1) is 0 Å². The van der Waals surface area contributed by atoms with E-state index in [2.05, 4.69) is 15.4 Å². The number of urea groups is 1. The molecule has 0 aliphatic carbocycles. The topological polar surface area (TPSA) is 148 Å². The summed E-state index contributed by atoms with van der Waals surface area (Å²) in [4.78, 5) is 21.7. The Labute approximate surface area is 105 Å². The lowest BCUT2D eigenvalue weighted by atomic mass is 10.3. The van der Waals surface area contributed by atoms with E-state index >= 15 is 0 Å². The monoisotopic (exact) mass is 283 g/mol. The third-order valence-corrected chi connectivity index (χ3v) is 2.76. The molecule has 1 unspecified atom stereocenters. The molecule has 0 heterocycles. The molecule has 0 fully saturated rings. The summed E-state index contributed by atoms with van der Waals surface area (Å²) in [5.74, 6) is -1.42. The molecule has 0 rings (SSSR count). The van der Waals surface area contributed by atoms with Crippen molar-refractivity contribution in [3.05, 3.63) is 0 Å². The van der Waals surface area contributed by atoms with Gasteiger partial charge in [0.2, 0.25) is 10.0 Å². The lowest BCUT2D eigenvalue weighted by molar-refractivity contribution is -0.147. The van der Waals surface area contributed by atoms with Crippen molar-refractivity contribution >= 4 is 22.0 Å². The van der Waals surface area contributed by atoms with E-state index in [1.807, 2.05) is 0 Å². The maximum absolute atomic E-state index is 11.2. The summed E-state index contributed by atoms with van der Waals surface area (Å²) in [6.45, 7) is -0.0696. The molecule has 9 nitrogen and oxygen atoms in total. The Bertz CT molecular complexity index is 382. The molecule has 0 aliphatic rings. The molecule has 0 spiro atoms. The van der Waals surface area contributed by atoms with Gasteiger partial charge in [-0.2, -0.15) is 0 Å². The standard InChI is InChI=1S/C8H17N3O6S/c1-17-6(7(12)13)5-11-8(14)10-3-2-4-18(9,15)16/h6H,2-5H2,1H3,(H,12,13)(H2,9,15,16)(H2,10,11,14). The lowest BCUT2D eigenvalue weighted by Crippen LogP contribution is -2.43. The van der Waals surface area contributed by atoms with E-state index in [4.69, 9.17) is 10.2 Å². The Kier molecular flexibility index (Phi) is 7.24. The molecule has 0 aromatic carbocycles. The Morgan fingerprint density at radius 1 is 1.39 bits per heavy atom. The highest BCUT2D eigenvalue weighted by Crippen LogP contribution is 1.88. The molecular weight excluding hydrogens is 266 g/mol. The van der Waals surface area contributed by atoms with E-state index in [-0.39, 0.29) is 25.3 Å². The van der Waals surface area contributed by atoms with E-state index < -0.39 is 28.1 Å². The van der Waals surface area contributed by atoms with Crippen LogP contribution in [0.25, 0.3) is 0 Å². The number of nitrogens with one attached hydrogen (secondary N) is 2. The van der Waals surface area contributed by atoms with Gasteiger partial charge >= 0.3 is 12.0 Å². The number of sulfonamides is 1. The number of primary sulfonamides is 1. The molecule has 2 amide bonds. The number of nitrogens with two attached hydrogens (primary N) is 1.